The first kappa shape index (κ1) is 19.4. The third kappa shape index (κ3) is 4.29. The molecule has 0 saturated heterocycles. The maximum absolute atomic E-state index is 12.7. The number of benzene rings is 2. The Kier molecular flexibility index (Phi) is 5.60. The van der Waals surface area contributed by atoms with Crippen molar-refractivity contribution in [1.82, 2.24) is 4.98 Å². The molecule has 0 unspecified atom stereocenters. The number of sulfonamides is 1. The minimum atomic E-state index is -3.84. The van der Waals surface area contributed by atoms with Crippen LogP contribution >= 0.6 is 0 Å². The normalized spacial score (nSPS) is 10.9. The first-order valence-electron chi connectivity index (χ1n) is 8.38. The topological polar surface area (TPSA) is 97.4 Å². The SMILES string of the molecule is COc1ccc(S(=O)(=O)Nc2ccccc2NC(=O)c2cnccc2C)cc1. The van der Waals surface area contributed by atoms with Crippen molar-refractivity contribution in [3.8, 4) is 5.75 Å². The average Bonchev–Trinajstić information content (AvgIpc) is 2.69. The Bertz CT molecular complexity index is 1100. The van der Waals surface area contributed by atoms with Crippen LogP contribution in [0.3, 0.4) is 0 Å². The molecule has 2 aromatic carbocycles. The van der Waals surface area contributed by atoms with E-state index in [1.807, 2.05) is 0 Å². The molecule has 144 valence electrons. The molecule has 1 aromatic heterocycles. The number of ether oxygens (including phenoxy) is 1. The molecule has 3 rings (SSSR count). The maximum Gasteiger partial charge on any atom is 0.261 e. The monoisotopic (exact) mass is 397 g/mol. The fourth-order valence-corrected chi connectivity index (χ4v) is 3.61. The molecule has 8 heteroatoms. The van der Waals surface area contributed by atoms with Crippen LogP contribution in [0.1, 0.15) is 15.9 Å². The molecule has 2 N–H and O–H groups in total. The first-order chi connectivity index (χ1) is 13.4. The molecular formula is C20H19N3O4S. The molecular weight excluding hydrogens is 378 g/mol. The number of anilines is 2. The summed E-state index contributed by atoms with van der Waals surface area (Å²) in [5.74, 6) is 0.181. The second-order valence-corrected chi connectivity index (χ2v) is 7.65. The average molecular weight is 397 g/mol. The zero-order chi connectivity index (χ0) is 20.1. The Hall–Kier alpha value is -3.39. The summed E-state index contributed by atoms with van der Waals surface area (Å²) in [6.07, 6.45) is 3.07. The summed E-state index contributed by atoms with van der Waals surface area (Å²) < 4.78 is 32.9. The van der Waals surface area contributed by atoms with Crippen LogP contribution in [0.5, 0.6) is 5.75 Å². The van der Waals surface area contributed by atoms with Crippen LogP contribution in [0.2, 0.25) is 0 Å². The number of amides is 1. The van der Waals surface area contributed by atoms with Crippen LogP contribution in [0.15, 0.2) is 71.9 Å². The number of nitrogens with one attached hydrogen (secondary N) is 2. The van der Waals surface area contributed by atoms with E-state index in [9.17, 15) is 13.2 Å². The molecule has 3 aromatic rings. The van der Waals surface area contributed by atoms with Gasteiger partial charge in [0.25, 0.3) is 15.9 Å². The van der Waals surface area contributed by atoms with E-state index in [4.69, 9.17) is 4.74 Å². The van der Waals surface area contributed by atoms with Gasteiger partial charge in [0, 0.05) is 12.4 Å². The summed E-state index contributed by atoms with van der Waals surface area (Å²) in [5, 5.41) is 2.73. The third-order valence-corrected chi connectivity index (χ3v) is 5.45. The summed E-state index contributed by atoms with van der Waals surface area (Å²) in [5.41, 5.74) is 1.78. The van der Waals surface area contributed by atoms with Crippen molar-refractivity contribution in [2.24, 2.45) is 0 Å². The van der Waals surface area contributed by atoms with Gasteiger partial charge >= 0.3 is 0 Å². The maximum atomic E-state index is 12.7. The van der Waals surface area contributed by atoms with Gasteiger partial charge in [-0.25, -0.2) is 8.42 Å². The number of pyridine rings is 1. The minimum Gasteiger partial charge on any atom is -0.497 e. The highest BCUT2D eigenvalue weighted by Gasteiger charge is 2.17. The van der Waals surface area contributed by atoms with Crippen molar-refractivity contribution in [1.29, 1.82) is 0 Å². The number of methoxy groups -OCH3 is 1. The Labute approximate surface area is 163 Å². The lowest BCUT2D eigenvalue weighted by molar-refractivity contribution is 0.102. The van der Waals surface area contributed by atoms with Gasteiger partial charge in [0.2, 0.25) is 0 Å². The van der Waals surface area contributed by atoms with Gasteiger partial charge in [0.05, 0.1) is 28.9 Å². The summed E-state index contributed by atoms with van der Waals surface area (Å²) in [7, 11) is -2.33. The van der Waals surface area contributed by atoms with Crippen LogP contribution in [-0.2, 0) is 10.0 Å². The number of hydrogen-bond acceptors (Lipinski definition) is 5. The van der Waals surface area contributed by atoms with Crippen LogP contribution in [-0.4, -0.2) is 26.4 Å². The van der Waals surface area contributed by atoms with Crippen LogP contribution in [0.25, 0.3) is 0 Å². The van der Waals surface area contributed by atoms with Gasteiger partial charge in [-0.1, -0.05) is 12.1 Å². The minimum absolute atomic E-state index is 0.0810. The van der Waals surface area contributed by atoms with Gasteiger partial charge in [-0.3, -0.25) is 14.5 Å². The smallest absolute Gasteiger partial charge is 0.261 e. The number of aryl methyl sites for hydroxylation is 1. The van der Waals surface area contributed by atoms with E-state index >= 15 is 0 Å². The van der Waals surface area contributed by atoms with Gasteiger partial charge in [-0.2, -0.15) is 0 Å². The van der Waals surface area contributed by atoms with E-state index in [2.05, 4.69) is 15.0 Å². The van der Waals surface area contributed by atoms with E-state index in [1.165, 1.54) is 25.4 Å². The lowest BCUT2D eigenvalue weighted by Crippen LogP contribution is -2.18. The summed E-state index contributed by atoms with van der Waals surface area (Å²) in [6.45, 7) is 1.80. The van der Waals surface area contributed by atoms with E-state index in [-0.39, 0.29) is 16.5 Å². The number of nitrogens with zero attached hydrogens (tertiary/aromatic N) is 1. The lowest BCUT2D eigenvalue weighted by atomic mass is 10.1. The predicted octanol–water partition coefficient (Wildman–Crippen LogP) is 3.45. The van der Waals surface area contributed by atoms with Crippen molar-refractivity contribution in [3.05, 3.63) is 78.1 Å². The molecule has 0 bridgehead atoms. The summed E-state index contributed by atoms with van der Waals surface area (Å²) >= 11 is 0. The lowest BCUT2D eigenvalue weighted by Gasteiger charge is -2.14. The van der Waals surface area contributed by atoms with Crippen LogP contribution < -0.4 is 14.8 Å². The van der Waals surface area contributed by atoms with Gasteiger partial charge in [0.1, 0.15) is 5.75 Å². The van der Waals surface area contributed by atoms with Crippen molar-refractivity contribution in [2.45, 2.75) is 11.8 Å². The standard InChI is InChI=1S/C20H19N3O4S/c1-14-11-12-21-13-17(14)20(24)22-18-5-3-4-6-19(18)23-28(25,26)16-9-7-15(27-2)8-10-16/h3-13,23H,1-2H3,(H,22,24). The zero-order valence-electron chi connectivity index (χ0n) is 15.3. The van der Waals surface area contributed by atoms with Crippen LogP contribution in [0.4, 0.5) is 11.4 Å². The Morgan fingerprint density at radius 2 is 1.68 bits per heavy atom. The van der Waals surface area contributed by atoms with E-state index in [0.717, 1.165) is 5.56 Å². The second kappa shape index (κ2) is 8.10. The number of aromatic nitrogens is 1. The highest BCUT2D eigenvalue weighted by Crippen LogP contribution is 2.26. The quantitative estimate of drug-likeness (QED) is 0.664. The van der Waals surface area contributed by atoms with Crippen molar-refractivity contribution >= 4 is 27.3 Å². The van der Waals surface area contributed by atoms with E-state index in [1.54, 1.807) is 55.6 Å². The third-order valence-electron chi connectivity index (χ3n) is 4.07. The zero-order valence-corrected chi connectivity index (χ0v) is 16.2. The summed E-state index contributed by atoms with van der Waals surface area (Å²) in [4.78, 5) is 16.6. The molecule has 0 radical (unpaired) electrons. The molecule has 28 heavy (non-hydrogen) atoms. The van der Waals surface area contributed by atoms with Gasteiger partial charge in [-0.05, 0) is 55.0 Å². The molecule has 7 nitrogen and oxygen atoms in total. The molecule has 0 saturated carbocycles. The number of carbonyl (C=O) groups excluding carboxylic acids is 1. The number of carbonyl (C=O) groups is 1. The largest absolute Gasteiger partial charge is 0.497 e. The van der Waals surface area contributed by atoms with Gasteiger partial charge in [0.15, 0.2) is 0 Å². The molecule has 0 aliphatic heterocycles. The number of hydrogen-bond donors (Lipinski definition) is 2. The predicted molar refractivity (Wildman–Crippen MR) is 107 cm³/mol. The molecule has 0 fully saturated rings. The van der Waals surface area contributed by atoms with Crippen molar-refractivity contribution in [2.75, 3.05) is 17.1 Å². The molecule has 0 aliphatic rings. The van der Waals surface area contributed by atoms with Gasteiger partial charge in [-0.15, -0.1) is 0 Å². The van der Waals surface area contributed by atoms with Crippen molar-refractivity contribution in [3.63, 3.8) is 0 Å². The van der Waals surface area contributed by atoms with E-state index < -0.39 is 10.0 Å². The van der Waals surface area contributed by atoms with Crippen LogP contribution in [0, 0.1) is 6.92 Å². The summed E-state index contributed by atoms with van der Waals surface area (Å²) in [6, 6.07) is 14.3. The first-order valence-corrected chi connectivity index (χ1v) is 9.87. The Balaban J connectivity index is 1.85. The Morgan fingerprint density at radius 3 is 2.32 bits per heavy atom. The molecule has 0 spiro atoms. The molecule has 1 heterocycles. The molecule has 0 atom stereocenters. The number of rotatable bonds is 6. The second-order valence-electron chi connectivity index (χ2n) is 5.97. The fraction of sp³-hybridized carbons (Fsp3) is 0.100. The molecule has 1 amide bonds. The van der Waals surface area contributed by atoms with Gasteiger partial charge < -0.3 is 10.1 Å². The number of para-hydroxylation sites is 2. The van der Waals surface area contributed by atoms with Crippen molar-refractivity contribution < 1.29 is 17.9 Å². The fourth-order valence-electron chi connectivity index (χ4n) is 2.53. The van der Waals surface area contributed by atoms with E-state index in [0.29, 0.717) is 17.0 Å². The highest BCUT2D eigenvalue weighted by atomic mass is 32.2. The Morgan fingerprint density at radius 1 is 1.00 bits per heavy atom. The molecule has 0 aliphatic carbocycles. The highest BCUT2D eigenvalue weighted by molar-refractivity contribution is 7.92.